The van der Waals surface area contributed by atoms with Crippen molar-refractivity contribution in [2.75, 3.05) is 6.61 Å². The number of hydrogen-bond donors (Lipinski definition) is 2. The van der Waals surface area contributed by atoms with E-state index < -0.39 is 28.9 Å². The number of imide groups is 1. The number of nitro groups is 1. The summed E-state index contributed by atoms with van der Waals surface area (Å²) in [6.07, 6.45) is 0.476. The lowest BCUT2D eigenvalue weighted by Gasteiger charge is -2.13. The number of carbonyl (C=O) groups is 3. The number of nitro benzene ring substituents is 1. The Hall–Kier alpha value is -3.17. The fourth-order valence-electron chi connectivity index (χ4n) is 2.01. The molecule has 0 bridgehead atoms. The third-order valence-corrected chi connectivity index (χ3v) is 3.49. The van der Waals surface area contributed by atoms with E-state index in [-0.39, 0.29) is 29.6 Å². The summed E-state index contributed by atoms with van der Waals surface area (Å²) in [7, 11) is 0. The van der Waals surface area contributed by atoms with Gasteiger partial charge in [-0.1, -0.05) is 0 Å². The van der Waals surface area contributed by atoms with Crippen molar-refractivity contribution in [3.63, 3.8) is 0 Å². The Morgan fingerprint density at radius 3 is 2.62 bits per heavy atom. The first-order valence-electron chi connectivity index (χ1n) is 8.05. The van der Waals surface area contributed by atoms with Crippen LogP contribution in [-0.4, -0.2) is 41.6 Å². The molecule has 2 N–H and O–H groups in total. The van der Waals surface area contributed by atoms with E-state index in [2.05, 4.69) is 10.6 Å². The number of rotatable bonds is 7. The van der Waals surface area contributed by atoms with Crippen molar-refractivity contribution in [1.29, 1.82) is 0 Å². The second-order valence-electron chi connectivity index (χ2n) is 5.66. The Morgan fingerprint density at radius 2 is 2.04 bits per heavy atom. The molecule has 1 aromatic carbocycles. The van der Waals surface area contributed by atoms with E-state index in [0.717, 1.165) is 18.9 Å². The zero-order chi connectivity index (χ0) is 19.3. The molecule has 1 aromatic rings. The largest absolute Gasteiger partial charge is 0.487 e. The van der Waals surface area contributed by atoms with Crippen molar-refractivity contribution in [1.82, 2.24) is 10.6 Å². The van der Waals surface area contributed by atoms with Crippen LogP contribution >= 0.6 is 0 Å². The van der Waals surface area contributed by atoms with Crippen molar-refractivity contribution in [2.24, 2.45) is 0 Å². The zero-order valence-corrected chi connectivity index (χ0v) is 14.3. The molecular weight excluding hydrogens is 346 g/mol. The van der Waals surface area contributed by atoms with Crippen LogP contribution in [0.25, 0.3) is 0 Å². The summed E-state index contributed by atoms with van der Waals surface area (Å²) < 4.78 is 10.1. The van der Waals surface area contributed by atoms with Crippen LogP contribution in [0.4, 0.5) is 10.5 Å². The number of amides is 3. The maximum absolute atomic E-state index is 12.1. The van der Waals surface area contributed by atoms with Gasteiger partial charge < -0.3 is 14.8 Å². The molecule has 26 heavy (non-hydrogen) atoms. The lowest BCUT2D eigenvalue weighted by atomic mass is 10.2. The van der Waals surface area contributed by atoms with Gasteiger partial charge in [0.25, 0.3) is 5.91 Å². The van der Waals surface area contributed by atoms with E-state index in [1.807, 2.05) is 0 Å². The quantitative estimate of drug-likeness (QED) is 0.424. The molecule has 1 saturated carbocycles. The molecule has 1 aliphatic rings. The number of esters is 1. The smallest absolute Gasteiger partial charge is 0.339 e. The molecule has 0 aromatic heterocycles. The number of nitrogens with zero attached hydrogens (tertiary/aromatic N) is 1. The van der Waals surface area contributed by atoms with Gasteiger partial charge in [-0.25, -0.2) is 9.59 Å². The van der Waals surface area contributed by atoms with Gasteiger partial charge in [0.15, 0.2) is 11.9 Å². The van der Waals surface area contributed by atoms with Gasteiger partial charge in [-0.2, -0.15) is 0 Å². The fourth-order valence-corrected chi connectivity index (χ4v) is 2.01. The Kier molecular flexibility index (Phi) is 6.10. The van der Waals surface area contributed by atoms with E-state index in [0.29, 0.717) is 0 Å². The first-order valence-corrected chi connectivity index (χ1v) is 8.05. The molecule has 10 heteroatoms. The van der Waals surface area contributed by atoms with Crippen molar-refractivity contribution in [3.05, 3.63) is 33.9 Å². The van der Waals surface area contributed by atoms with Gasteiger partial charge in [-0.3, -0.25) is 20.2 Å². The van der Waals surface area contributed by atoms with E-state index >= 15 is 0 Å². The van der Waals surface area contributed by atoms with Gasteiger partial charge >= 0.3 is 17.7 Å². The fraction of sp³-hybridized carbons (Fsp3) is 0.438. The van der Waals surface area contributed by atoms with Crippen molar-refractivity contribution in [3.8, 4) is 5.75 Å². The molecule has 0 heterocycles. The molecule has 1 atom stereocenters. The van der Waals surface area contributed by atoms with Crippen LogP contribution in [0.1, 0.15) is 37.0 Å². The van der Waals surface area contributed by atoms with Crippen LogP contribution in [-0.2, 0) is 9.53 Å². The first-order chi connectivity index (χ1) is 12.3. The molecule has 0 saturated heterocycles. The first kappa shape index (κ1) is 19.2. The highest BCUT2D eigenvalue weighted by molar-refractivity contribution is 5.98. The minimum atomic E-state index is -1.25. The Morgan fingerprint density at radius 1 is 1.35 bits per heavy atom. The summed E-state index contributed by atoms with van der Waals surface area (Å²) in [6, 6.07) is 3.01. The van der Waals surface area contributed by atoms with Crippen molar-refractivity contribution in [2.45, 2.75) is 38.8 Å². The Bertz CT molecular complexity index is 731. The number of hydrogen-bond acceptors (Lipinski definition) is 7. The molecule has 2 rings (SSSR count). The van der Waals surface area contributed by atoms with Crippen LogP contribution in [0, 0.1) is 10.1 Å². The molecule has 10 nitrogen and oxygen atoms in total. The number of carbonyl (C=O) groups excluding carboxylic acids is 3. The molecular formula is C16H19N3O7. The maximum Gasteiger partial charge on any atom is 0.339 e. The van der Waals surface area contributed by atoms with Gasteiger partial charge in [0.1, 0.15) is 0 Å². The van der Waals surface area contributed by atoms with E-state index in [9.17, 15) is 24.5 Å². The van der Waals surface area contributed by atoms with E-state index in [4.69, 9.17) is 9.47 Å². The van der Waals surface area contributed by atoms with Gasteiger partial charge in [0.2, 0.25) is 0 Å². The topological polar surface area (TPSA) is 137 Å². The predicted molar refractivity (Wildman–Crippen MR) is 88.8 cm³/mol. The van der Waals surface area contributed by atoms with Gasteiger partial charge in [-0.05, 0) is 38.8 Å². The summed E-state index contributed by atoms with van der Waals surface area (Å²) >= 11 is 0. The lowest BCUT2D eigenvalue weighted by molar-refractivity contribution is -0.385. The van der Waals surface area contributed by atoms with Gasteiger partial charge in [0, 0.05) is 12.1 Å². The number of benzene rings is 1. The highest BCUT2D eigenvalue weighted by Gasteiger charge is 2.27. The average Bonchev–Trinajstić information content (AvgIpc) is 3.38. The summed E-state index contributed by atoms with van der Waals surface area (Å²) in [6.45, 7) is 3.19. The predicted octanol–water partition coefficient (Wildman–Crippen LogP) is 1.53. The van der Waals surface area contributed by atoms with Crippen LogP contribution in [0.3, 0.4) is 0 Å². The van der Waals surface area contributed by atoms with Crippen molar-refractivity contribution < 1.29 is 28.8 Å². The summed E-state index contributed by atoms with van der Waals surface area (Å²) in [5.74, 6) is -1.70. The normalized spacial score (nSPS) is 14.1. The lowest BCUT2D eigenvalue weighted by Crippen LogP contribution is -2.45. The summed E-state index contributed by atoms with van der Waals surface area (Å²) in [4.78, 5) is 45.9. The Labute approximate surface area is 149 Å². The molecule has 140 valence electrons. The molecule has 0 radical (unpaired) electrons. The minimum Gasteiger partial charge on any atom is -0.487 e. The second kappa shape index (κ2) is 8.28. The molecule has 1 fully saturated rings. The maximum atomic E-state index is 12.1. The van der Waals surface area contributed by atoms with Gasteiger partial charge in [0.05, 0.1) is 17.1 Å². The zero-order valence-electron chi connectivity index (χ0n) is 14.3. The average molecular weight is 365 g/mol. The number of ether oxygens (including phenoxy) is 2. The SMILES string of the molecule is CCOc1ccc(C(=O)OC(C)C(=O)NC(=O)NC2CC2)cc1[N+](=O)[O-]. The standard InChI is InChI=1S/C16H19N3O7/c1-3-25-13-7-4-10(8-12(13)19(23)24)15(21)26-9(2)14(20)18-16(22)17-11-5-6-11/h4,7-9,11H,3,5-6H2,1-2H3,(H2,17,18,20,22). The van der Waals surface area contributed by atoms with Crippen LogP contribution < -0.4 is 15.4 Å². The number of urea groups is 1. The van der Waals surface area contributed by atoms with E-state index in [1.165, 1.54) is 19.1 Å². The third kappa shape index (κ3) is 5.16. The van der Waals surface area contributed by atoms with Crippen LogP contribution in [0.2, 0.25) is 0 Å². The molecule has 0 aliphatic heterocycles. The summed E-state index contributed by atoms with van der Waals surface area (Å²) in [5.41, 5.74) is -0.496. The summed E-state index contributed by atoms with van der Waals surface area (Å²) in [5, 5.41) is 15.7. The molecule has 0 spiro atoms. The highest BCUT2D eigenvalue weighted by Crippen LogP contribution is 2.28. The van der Waals surface area contributed by atoms with E-state index in [1.54, 1.807) is 6.92 Å². The monoisotopic (exact) mass is 365 g/mol. The third-order valence-electron chi connectivity index (χ3n) is 3.49. The van der Waals surface area contributed by atoms with Crippen LogP contribution in [0.15, 0.2) is 18.2 Å². The van der Waals surface area contributed by atoms with Crippen molar-refractivity contribution >= 4 is 23.6 Å². The number of nitrogens with one attached hydrogen (secondary N) is 2. The molecule has 1 aliphatic carbocycles. The highest BCUT2D eigenvalue weighted by atomic mass is 16.6. The minimum absolute atomic E-state index is 0.0246. The Balaban J connectivity index is 1.99. The molecule has 3 amide bonds. The van der Waals surface area contributed by atoms with Gasteiger partial charge in [-0.15, -0.1) is 0 Å². The van der Waals surface area contributed by atoms with Crippen LogP contribution in [0.5, 0.6) is 5.75 Å². The molecule has 1 unspecified atom stereocenters. The second-order valence-corrected chi connectivity index (χ2v) is 5.66.